The fraction of sp³-hybridized carbons (Fsp3) is 1.00. The van der Waals surface area contributed by atoms with Crippen LogP contribution in [-0.4, -0.2) is 66.1 Å². The summed E-state index contributed by atoms with van der Waals surface area (Å²) >= 11 is 0. The molecule has 0 aliphatic carbocycles. The maximum atomic E-state index is 5.64. The molecule has 0 rings (SSSR count). The molecule has 2 unspecified atom stereocenters. The molecule has 0 saturated carbocycles. The van der Waals surface area contributed by atoms with Gasteiger partial charge in [-0.2, -0.15) is 0 Å². The van der Waals surface area contributed by atoms with Gasteiger partial charge in [-0.3, -0.25) is 0 Å². The molecule has 0 amide bonds. The zero-order chi connectivity index (χ0) is 13.4. The van der Waals surface area contributed by atoms with Gasteiger partial charge in [0.15, 0.2) is 0 Å². The Morgan fingerprint density at radius 1 is 0.647 bits per heavy atom. The predicted octanol–water partition coefficient (Wildman–Crippen LogP) is 1.11. The van der Waals surface area contributed by atoms with Crippen LogP contribution in [0.2, 0.25) is 0 Å². The van der Waals surface area contributed by atoms with Crippen molar-refractivity contribution in [1.82, 2.24) is 0 Å². The first-order chi connectivity index (χ1) is 7.95. The topological polar surface area (TPSA) is 46.2 Å². The summed E-state index contributed by atoms with van der Waals surface area (Å²) in [6.45, 7) is 5.74. The first kappa shape index (κ1) is 16.8. The molecule has 0 aromatic heterocycles. The molecular formula is C12H26O5. The standard InChI is InChI=1S/C12H26O5/c1-11(15-5,7-13-3)9-17-10-12(2,16-6)8-14-4/h7-10H2,1-6H3. The summed E-state index contributed by atoms with van der Waals surface area (Å²) in [6.07, 6.45) is 0. The molecule has 0 saturated heterocycles. The van der Waals surface area contributed by atoms with Crippen LogP contribution in [0, 0.1) is 0 Å². The molecule has 0 aliphatic heterocycles. The fourth-order valence-corrected chi connectivity index (χ4v) is 1.41. The van der Waals surface area contributed by atoms with E-state index in [4.69, 9.17) is 23.7 Å². The number of rotatable bonds is 10. The molecule has 2 atom stereocenters. The van der Waals surface area contributed by atoms with Gasteiger partial charge >= 0.3 is 0 Å². The molecule has 0 N–H and O–H groups in total. The smallest absolute Gasteiger partial charge is 0.111 e. The van der Waals surface area contributed by atoms with Gasteiger partial charge < -0.3 is 23.7 Å². The maximum absolute atomic E-state index is 5.64. The quantitative estimate of drug-likeness (QED) is 0.581. The van der Waals surface area contributed by atoms with Gasteiger partial charge in [0.2, 0.25) is 0 Å². The number of ether oxygens (including phenoxy) is 5. The summed E-state index contributed by atoms with van der Waals surface area (Å²) in [5.74, 6) is 0. The van der Waals surface area contributed by atoms with Crippen molar-refractivity contribution < 1.29 is 23.7 Å². The summed E-state index contributed by atoms with van der Waals surface area (Å²) in [5, 5.41) is 0. The van der Waals surface area contributed by atoms with Crippen LogP contribution >= 0.6 is 0 Å². The van der Waals surface area contributed by atoms with Crippen LogP contribution in [-0.2, 0) is 23.7 Å². The first-order valence-corrected chi connectivity index (χ1v) is 5.61. The van der Waals surface area contributed by atoms with Crippen molar-refractivity contribution >= 4 is 0 Å². The average molecular weight is 250 g/mol. The summed E-state index contributed by atoms with van der Waals surface area (Å²) < 4.78 is 26.6. The highest BCUT2D eigenvalue weighted by atomic mass is 16.6. The molecule has 104 valence electrons. The second-order valence-corrected chi connectivity index (χ2v) is 4.67. The van der Waals surface area contributed by atoms with E-state index in [1.54, 1.807) is 28.4 Å². The summed E-state index contributed by atoms with van der Waals surface area (Å²) in [7, 11) is 6.57. The fourth-order valence-electron chi connectivity index (χ4n) is 1.41. The monoisotopic (exact) mass is 250 g/mol. The molecule has 0 bridgehead atoms. The lowest BCUT2D eigenvalue weighted by Crippen LogP contribution is -2.43. The minimum atomic E-state index is -0.434. The normalized spacial score (nSPS) is 18.7. The molecule has 0 heterocycles. The maximum Gasteiger partial charge on any atom is 0.111 e. The van der Waals surface area contributed by atoms with Crippen LogP contribution in [0.4, 0.5) is 0 Å². The van der Waals surface area contributed by atoms with Gasteiger partial charge in [-0.25, -0.2) is 0 Å². The van der Waals surface area contributed by atoms with E-state index < -0.39 is 11.2 Å². The van der Waals surface area contributed by atoms with Gasteiger partial charge in [-0.1, -0.05) is 0 Å². The van der Waals surface area contributed by atoms with Gasteiger partial charge in [0.1, 0.15) is 11.2 Å². The third kappa shape index (κ3) is 6.33. The van der Waals surface area contributed by atoms with Crippen LogP contribution in [0.1, 0.15) is 13.8 Å². The Kier molecular flexibility index (Phi) is 7.91. The molecule has 0 fully saturated rings. The lowest BCUT2D eigenvalue weighted by atomic mass is 10.1. The van der Waals surface area contributed by atoms with Crippen molar-refractivity contribution in [2.75, 3.05) is 54.9 Å². The van der Waals surface area contributed by atoms with E-state index >= 15 is 0 Å². The Labute approximate surface area is 104 Å². The highest BCUT2D eigenvalue weighted by Gasteiger charge is 2.28. The van der Waals surface area contributed by atoms with Crippen LogP contribution in [0.25, 0.3) is 0 Å². The minimum absolute atomic E-state index is 0.434. The number of methoxy groups -OCH3 is 4. The van der Waals surface area contributed by atoms with E-state index in [0.717, 1.165) is 0 Å². The Morgan fingerprint density at radius 3 is 1.24 bits per heavy atom. The van der Waals surface area contributed by atoms with Crippen molar-refractivity contribution in [2.24, 2.45) is 0 Å². The van der Waals surface area contributed by atoms with Crippen LogP contribution in [0.5, 0.6) is 0 Å². The van der Waals surface area contributed by atoms with Gasteiger partial charge in [0.25, 0.3) is 0 Å². The van der Waals surface area contributed by atoms with Crippen LogP contribution < -0.4 is 0 Å². The first-order valence-electron chi connectivity index (χ1n) is 5.61. The Hall–Kier alpha value is -0.200. The highest BCUT2D eigenvalue weighted by molar-refractivity contribution is 4.77. The van der Waals surface area contributed by atoms with Gasteiger partial charge in [0, 0.05) is 28.4 Å². The molecule has 5 nitrogen and oxygen atoms in total. The van der Waals surface area contributed by atoms with Crippen LogP contribution in [0.3, 0.4) is 0 Å². The van der Waals surface area contributed by atoms with E-state index in [-0.39, 0.29) is 0 Å². The highest BCUT2D eigenvalue weighted by Crippen LogP contribution is 2.14. The van der Waals surface area contributed by atoms with E-state index in [0.29, 0.717) is 26.4 Å². The Morgan fingerprint density at radius 2 is 1.00 bits per heavy atom. The molecule has 0 aromatic carbocycles. The van der Waals surface area contributed by atoms with Gasteiger partial charge in [-0.15, -0.1) is 0 Å². The van der Waals surface area contributed by atoms with Crippen molar-refractivity contribution in [3.63, 3.8) is 0 Å². The largest absolute Gasteiger partial charge is 0.382 e. The molecular weight excluding hydrogens is 224 g/mol. The second-order valence-electron chi connectivity index (χ2n) is 4.67. The molecule has 0 radical (unpaired) electrons. The second kappa shape index (κ2) is 8.00. The zero-order valence-corrected chi connectivity index (χ0v) is 11.9. The SMILES string of the molecule is COCC(C)(COCC(C)(COC)OC)OC. The lowest BCUT2D eigenvalue weighted by Gasteiger charge is -2.31. The van der Waals surface area contributed by atoms with Crippen molar-refractivity contribution in [3.05, 3.63) is 0 Å². The predicted molar refractivity (Wildman–Crippen MR) is 65.4 cm³/mol. The van der Waals surface area contributed by atoms with Crippen molar-refractivity contribution in [3.8, 4) is 0 Å². The third-order valence-corrected chi connectivity index (χ3v) is 2.70. The van der Waals surface area contributed by atoms with Crippen molar-refractivity contribution in [1.29, 1.82) is 0 Å². The molecule has 0 aliphatic rings. The van der Waals surface area contributed by atoms with Crippen molar-refractivity contribution in [2.45, 2.75) is 25.0 Å². The molecule has 17 heavy (non-hydrogen) atoms. The zero-order valence-electron chi connectivity index (χ0n) is 11.9. The van der Waals surface area contributed by atoms with E-state index in [2.05, 4.69) is 0 Å². The lowest BCUT2D eigenvalue weighted by molar-refractivity contribution is -0.140. The molecule has 0 spiro atoms. The Balaban J connectivity index is 4.10. The van der Waals surface area contributed by atoms with Gasteiger partial charge in [-0.05, 0) is 13.8 Å². The molecule has 5 heteroatoms. The average Bonchev–Trinajstić information content (AvgIpc) is 2.30. The third-order valence-electron chi connectivity index (χ3n) is 2.70. The summed E-state index contributed by atoms with van der Waals surface area (Å²) in [5.41, 5.74) is -0.868. The Bertz CT molecular complexity index is 179. The summed E-state index contributed by atoms with van der Waals surface area (Å²) in [6, 6.07) is 0. The van der Waals surface area contributed by atoms with Crippen LogP contribution in [0.15, 0.2) is 0 Å². The van der Waals surface area contributed by atoms with E-state index in [1.807, 2.05) is 13.8 Å². The van der Waals surface area contributed by atoms with E-state index in [1.165, 1.54) is 0 Å². The number of hydrogen-bond donors (Lipinski definition) is 0. The minimum Gasteiger partial charge on any atom is -0.382 e. The van der Waals surface area contributed by atoms with E-state index in [9.17, 15) is 0 Å². The van der Waals surface area contributed by atoms with Gasteiger partial charge in [0.05, 0.1) is 26.4 Å². The summed E-state index contributed by atoms with van der Waals surface area (Å²) in [4.78, 5) is 0. The molecule has 0 aromatic rings. The number of hydrogen-bond acceptors (Lipinski definition) is 5.